The first kappa shape index (κ1) is 17.4. The molecule has 1 aromatic heterocycles. The number of aromatic nitrogens is 1. The van der Waals surface area contributed by atoms with Crippen LogP contribution in [0.15, 0.2) is 42.1 Å². The van der Waals surface area contributed by atoms with Crippen molar-refractivity contribution in [2.45, 2.75) is 20.3 Å². The third-order valence-electron chi connectivity index (χ3n) is 3.58. The van der Waals surface area contributed by atoms with Gasteiger partial charge in [-0.25, -0.2) is 4.79 Å². The first-order valence-electron chi connectivity index (χ1n) is 7.54. The Labute approximate surface area is 140 Å². The molecule has 5 nitrogen and oxygen atoms in total. The van der Waals surface area contributed by atoms with Crippen molar-refractivity contribution in [3.8, 4) is 11.5 Å². The second-order valence-electron chi connectivity index (χ2n) is 5.65. The highest BCUT2D eigenvalue weighted by Gasteiger charge is 2.17. The van der Waals surface area contributed by atoms with Gasteiger partial charge in [-0.3, -0.25) is 0 Å². The summed E-state index contributed by atoms with van der Waals surface area (Å²) in [5.74, 6) is -0.607. The van der Waals surface area contributed by atoms with Crippen molar-refractivity contribution in [3.63, 3.8) is 0 Å². The van der Waals surface area contributed by atoms with Gasteiger partial charge >= 0.3 is 5.97 Å². The molecule has 2 rings (SSSR count). The van der Waals surface area contributed by atoms with Crippen molar-refractivity contribution in [2.75, 3.05) is 7.11 Å². The average molecular weight is 327 g/mol. The van der Waals surface area contributed by atoms with E-state index in [2.05, 4.69) is 4.98 Å². The molecule has 1 heterocycles. The smallest absolute Gasteiger partial charge is 0.336 e. The Hall–Kier alpha value is -2.95. The first-order chi connectivity index (χ1) is 11.4. The van der Waals surface area contributed by atoms with E-state index in [1.807, 2.05) is 19.9 Å². The summed E-state index contributed by atoms with van der Waals surface area (Å²) in [6.07, 6.45) is 5.72. The number of hydrogen-bond acceptors (Lipinski definition) is 3. The summed E-state index contributed by atoms with van der Waals surface area (Å²) in [7, 11) is 1.50. The number of carboxylic acid groups (broad SMARTS) is 1. The van der Waals surface area contributed by atoms with Crippen molar-refractivity contribution in [1.82, 2.24) is 4.98 Å². The number of rotatable bonds is 6. The standard InChI is InChI=1S/C19H21NO4/c1-12(2)6-7-15-17(21)9-13(10-18(15)24-3)16(19(22)23)11-14-5-4-8-20-14/h4-6,8-11,20-21H,7H2,1-3H3,(H,22,23)/b16-11+. The lowest BCUT2D eigenvalue weighted by molar-refractivity contribution is -0.130. The minimum atomic E-state index is -1.08. The van der Waals surface area contributed by atoms with Crippen LogP contribution in [0.25, 0.3) is 11.6 Å². The van der Waals surface area contributed by atoms with E-state index in [9.17, 15) is 15.0 Å². The minimum absolute atomic E-state index is 0.0143. The number of hydrogen-bond donors (Lipinski definition) is 3. The molecule has 1 aromatic carbocycles. The topological polar surface area (TPSA) is 82.6 Å². The number of benzene rings is 1. The molecule has 0 amide bonds. The van der Waals surface area contributed by atoms with Crippen LogP contribution < -0.4 is 4.74 Å². The van der Waals surface area contributed by atoms with Crippen molar-refractivity contribution in [1.29, 1.82) is 0 Å². The van der Waals surface area contributed by atoms with Gasteiger partial charge in [0.2, 0.25) is 0 Å². The van der Waals surface area contributed by atoms with Crippen molar-refractivity contribution in [2.24, 2.45) is 0 Å². The number of aliphatic carboxylic acids is 1. The number of carbonyl (C=O) groups is 1. The van der Waals surface area contributed by atoms with Crippen LogP contribution in [0.1, 0.15) is 30.7 Å². The molecule has 2 aromatic rings. The van der Waals surface area contributed by atoms with Gasteiger partial charge in [0.1, 0.15) is 11.5 Å². The summed E-state index contributed by atoms with van der Waals surface area (Å²) < 4.78 is 5.35. The van der Waals surface area contributed by atoms with E-state index in [4.69, 9.17) is 4.74 Å². The van der Waals surface area contributed by atoms with Crippen molar-refractivity contribution < 1.29 is 19.7 Å². The fraction of sp³-hybridized carbons (Fsp3) is 0.211. The Kier molecular flexibility index (Phi) is 5.47. The molecule has 0 aliphatic rings. The van der Waals surface area contributed by atoms with E-state index >= 15 is 0 Å². The van der Waals surface area contributed by atoms with Gasteiger partial charge in [0.25, 0.3) is 0 Å². The predicted molar refractivity (Wildman–Crippen MR) is 94.1 cm³/mol. The Morgan fingerprint density at radius 2 is 2.08 bits per heavy atom. The first-order valence-corrected chi connectivity index (χ1v) is 7.54. The van der Waals surface area contributed by atoms with Gasteiger partial charge in [-0.2, -0.15) is 0 Å². The van der Waals surface area contributed by atoms with Crippen LogP contribution in [0.5, 0.6) is 11.5 Å². The number of H-pyrrole nitrogens is 1. The van der Waals surface area contributed by atoms with Crippen LogP contribution in [0, 0.1) is 0 Å². The van der Waals surface area contributed by atoms with E-state index in [1.165, 1.54) is 19.3 Å². The van der Waals surface area contributed by atoms with Gasteiger partial charge in [0, 0.05) is 17.5 Å². The van der Waals surface area contributed by atoms with Crippen molar-refractivity contribution >= 4 is 17.6 Å². The van der Waals surface area contributed by atoms with Gasteiger partial charge in [0.15, 0.2) is 0 Å². The van der Waals surface area contributed by atoms with Crippen LogP contribution in [-0.2, 0) is 11.2 Å². The number of phenolic OH excluding ortho intramolecular Hbond substituents is 1. The van der Waals surface area contributed by atoms with Gasteiger partial charge in [-0.05, 0) is 56.2 Å². The van der Waals surface area contributed by atoms with Gasteiger partial charge in [-0.15, -0.1) is 0 Å². The fourth-order valence-corrected chi connectivity index (χ4v) is 2.34. The molecule has 0 fully saturated rings. The Morgan fingerprint density at radius 1 is 1.33 bits per heavy atom. The lowest BCUT2D eigenvalue weighted by Gasteiger charge is -2.13. The summed E-state index contributed by atoms with van der Waals surface area (Å²) >= 11 is 0. The maximum atomic E-state index is 11.6. The highest BCUT2D eigenvalue weighted by molar-refractivity contribution is 6.20. The van der Waals surface area contributed by atoms with Gasteiger partial charge in [0.05, 0.1) is 12.7 Å². The Morgan fingerprint density at radius 3 is 2.62 bits per heavy atom. The quantitative estimate of drug-likeness (QED) is 0.556. The molecule has 126 valence electrons. The summed E-state index contributed by atoms with van der Waals surface area (Å²) in [5, 5.41) is 19.8. The van der Waals surface area contributed by atoms with Gasteiger partial charge < -0.3 is 19.9 Å². The predicted octanol–water partition coefficient (Wildman–Crippen LogP) is 3.86. The summed E-state index contributed by atoms with van der Waals surface area (Å²) in [4.78, 5) is 14.6. The third-order valence-corrected chi connectivity index (χ3v) is 3.58. The number of allylic oxidation sites excluding steroid dienone is 2. The molecule has 24 heavy (non-hydrogen) atoms. The second-order valence-corrected chi connectivity index (χ2v) is 5.65. The number of aromatic hydroxyl groups is 1. The minimum Gasteiger partial charge on any atom is -0.507 e. The molecule has 0 aliphatic heterocycles. The SMILES string of the molecule is COc1cc(/C(=C\c2ccc[nH]2)C(=O)O)cc(O)c1CC=C(C)C. The van der Waals surface area contributed by atoms with Crippen LogP contribution in [0.4, 0.5) is 0 Å². The van der Waals surface area contributed by atoms with Crippen molar-refractivity contribution in [3.05, 3.63) is 58.9 Å². The van der Waals surface area contributed by atoms with Crippen LogP contribution in [0.2, 0.25) is 0 Å². The normalized spacial score (nSPS) is 11.2. The number of ether oxygens (including phenoxy) is 1. The molecule has 0 aliphatic carbocycles. The van der Waals surface area contributed by atoms with Crippen LogP contribution in [-0.4, -0.2) is 28.3 Å². The highest BCUT2D eigenvalue weighted by atomic mass is 16.5. The summed E-state index contributed by atoms with van der Waals surface area (Å²) in [6.45, 7) is 3.94. The number of carboxylic acids is 1. The molecule has 3 N–H and O–H groups in total. The number of nitrogens with one attached hydrogen (secondary N) is 1. The molecular formula is C19H21NO4. The molecule has 0 radical (unpaired) electrons. The summed E-state index contributed by atoms with van der Waals surface area (Å²) in [6, 6.07) is 6.64. The molecule has 0 saturated carbocycles. The lowest BCUT2D eigenvalue weighted by Crippen LogP contribution is -2.02. The van der Waals surface area contributed by atoms with Crippen LogP contribution >= 0.6 is 0 Å². The van der Waals surface area contributed by atoms with Crippen LogP contribution in [0.3, 0.4) is 0 Å². The third kappa shape index (κ3) is 4.07. The number of phenols is 1. The van der Waals surface area contributed by atoms with E-state index in [1.54, 1.807) is 24.4 Å². The van der Waals surface area contributed by atoms with E-state index in [-0.39, 0.29) is 11.3 Å². The molecular weight excluding hydrogens is 306 g/mol. The fourth-order valence-electron chi connectivity index (χ4n) is 2.34. The zero-order valence-corrected chi connectivity index (χ0v) is 14.0. The highest BCUT2D eigenvalue weighted by Crippen LogP contribution is 2.34. The van der Waals surface area contributed by atoms with E-state index in [0.29, 0.717) is 29.0 Å². The number of methoxy groups -OCH3 is 1. The molecule has 5 heteroatoms. The Bertz CT molecular complexity index is 782. The lowest BCUT2D eigenvalue weighted by atomic mass is 9.99. The molecule has 0 atom stereocenters. The van der Waals surface area contributed by atoms with E-state index < -0.39 is 5.97 Å². The summed E-state index contributed by atoms with van der Waals surface area (Å²) in [5.41, 5.74) is 2.87. The maximum absolute atomic E-state index is 11.6. The van der Waals surface area contributed by atoms with Gasteiger partial charge in [-0.1, -0.05) is 11.6 Å². The van der Waals surface area contributed by atoms with E-state index in [0.717, 1.165) is 5.57 Å². The largest absolute Gasteiger partial charge is 0.507 e. The Balaban J connectivity index is 2.52. The zero-order valence-electron chi connectivity index (χ0n) is 14.0. The zero-order chi connectivity index (χ0) is 17.7. The molecule has 0 unspecified atom stereocenters. The maximum Gasteiger partial charge on any atom is 0.336 e. The molecule has 0 spiro atoms. The number of aromatic amines is 1. The average Bonchev–Trinajstić information content (AvgIpc) is 3.03. The molecule has 0 saturated heterocycles. The molecule has 0 bridgehead atoms. The monoisotopic (exact) mass is 327 g/mol. The second kappa shape index (κ2) is 7.55.